The topological polar surface area (TPSA) is 67.3 Å². The second-order valence-corrected chi connectivity index (χ2v) is 10.6. The molecule has 1 aromatic heterocycles. The molecule has 158 valence electrons. The van der Waals surface area contributed by atoms with E-state index in [1.165, 1.54) is 23.5 Å². The lowest BCUT2D eigenvalue weighted by atomic mass is 10.1. The van der Waals surface area contributed by atoms with Crippen LogP contribution in [-0.4, -0.2) is 25.1 Å². The Morgan fingerprint density at radius 2 is 1.71 bits per heavy atom. The molecule has 0 fully saturated rings. The summed E-state index contributed by atoms with van der Waals surface area (Å²) in [5, 5.41) is 1.06. The summed E-state index contributed by atoms with van der Waals surface area (Å²) >= 11 is 7.68. The Bertz CT molecular complexity index is 1330. The highest BCUT2D eigenvalue weighted by Gasteiger charge is 2.23. The van der Waals surface area contributed by atoms with Crippen molar-refractivity contribution in [3.8, 4) is 0 Å². The summed E-state index contributed by atoms with van der Waals surface area (Å²) in [5.74, 6) is -0.258. The molecule has 1 heterocycles. The van der Waals surface area contributed by atoms with E-state index in [0.717, 1.165) is 10.3 Å². The SMILES string of the molecule is CCS(=O)(=O)c1ccc(C(=O)N(Cc2ccccc2)c2nc3c(Cl)cccc3s2)cc1. The average Bonchev–Trinajstić information content (AvgIpc) is 3.23. The Balaban J connectivity index is 1.74. The fourth-order valence-electron chi connectivity index (χ4n) is 3.14. The summed E-state index contributed by atoms with van der Waals surface area (Å²) in [6.45, 7) is 1.92. The fourth-order valence-corrected chi connectivity index (χ4v) is 5.29. The Morgan fingerprint density at radius 1 is 1.00 bits per heavy atom. The number of carbonyl (C=O) groups excluding carboxylic acids is 1. The lowest BCUT2D eigenvalue weighted by Crippen LogP contribution is -2.30. The van der Waals surface area contributed by atoms with Gasteiger partial charge in [0.2, 0.25) is 0 Å². The highest BCUT2D eigenvalue weighted by molar-refractivity contribution is 7.91. The number of fused-ring (bicyclic) bond motifs is 1. The lowest BCUT2D eigenvalue weighted by molar-refractivity contribution is 0.0985. The molecule has 8 heteroatoms. The summed E-state index contributed by atoms with van der Waals surface area (Å²) in [5.41, 5.74) is 1.99. The molecule has 0 spiro atoms. The normalized spacial score (nSPS) is 11.5. The highest BCUT2D eigenvalue weighted by atomic mass is 35.5. The van der Waals surface area contributed by atoms with E-state index in [1.54, 1.807) is 30.0 Å². The number of benzene rings is 3. The number of carbonyl (C=O) groups is 1. The molecule has 0 N–H and O–H groups in total. The van der Waals surface area contributed by atoms with E-state index in [1.807, 2.05) is 42.5 Å². The second-order valence-electron chi connectivity index (χ2n) is 6.89. The average molecular weight is 471 g/mol. The first-order valence-corrected chi connectivity index (χ1v) is 12.5. The van der Waals surface area contributed by atoms with Gasteiger partial charge >= 0.3 is 0 Å². The lowest BCUT2D eigenvalue weighted by Gasteiger charge is -2.20. The monoisotopic (exact) mass is 470 g/mol. The van der Waals surface area contributed by atoms with Gasteiger partial charge in [-0.15, -0.1) is 0 Å². The predicted octanol–water partition coefficient (Wildman–Crippen LogP) is 5.59. The molecule has 0 aliphatic carbocycles. The van der Waals surface area contributed by atoms with Crippen molar-refractivity contribution in [3.63, 3.8) is 0 Å². The third kappa shape index (κ3) is 4.49. The Hall–Kier alpha value is -2.74. The first-order chi connectivity index (χ1) is 14.9. The molecule has 0 bridgehead atoms. The zero-order chi connectivity index (χ0) is 22.0. The first-order valence-electron chi connectivity index (χ1n) is 9.62. The van der Waals surface area contributed by atoms with E-state index in [0.29, 0.717) is 27.8 Å². The van der Waals surface area contributed by atoms with E-state index in [9.17, 15) is 13.2 Å². The third-order valence-corrected chi connectivity index (χ3v) is 7.96. The van der Waals surface area contributed by atoms with Crippen molar-refractivity contribution < 1.29 is 13.2 Å². The molecule has 0 atom stereocenters. The summed E-state index contributed by atoms with van der Waals surface area (Å²) in [6.07, 6.45) is 0. The number of anilines is 1. The van der Waals surface area contributed by atoms with Crippen LogP contribution in [0.25, 0.3) is 10.2 Å². The summed E-state index contributed by atoms with van der Waals surface area (Å²) in [6, 6.07) is 21.2. The van der Waals surface area contributed by atoms with Gasteiger partial charge in [-0.3, -0.25) is 9.69 Å². The number of aromatic nitrogens is 1. The van der Waals surface area contributed by atoms with Crippen LogP contribution in [0.2, 0.25) is 5.02 Å². The van der Waals surface area contributed by atoms with Crippen molar-refractivity contribution in [2.75, 3.05) is 10.7 Å². The number of hydrogen-bond acceptors (Lipinski definition) is 5. The maximum absolute atomic E-state index is 13.5. The molecular formula is C23H19ClN2O3S2. The molecule has 5 nitrogen and oxygen atoms in total. The predicted molar refractivity (Wildman–Crippen MR) is 126 cm³/mol. The minimum atomic E-state index is -3.33. The number of sulfone groups is 1. The van der Waals surface area contributed by atoms with Crippen LogP contribution >= 0.6 is 22.9 Å². The van der Waals surface area contributed by atoms with Crippen LogP contribution in [0.3, 0.4) is 0 Å². The number of rotatable bonds is 6. The minimum absolute atomic E-state index is 0.00683. The van der Waals surface area contributed by atoms with Crippen LogP contribution in [0.4, 0.5) is 5.13 Å². The number of para-hydroxylation sites is 1. The summed E-state index contributed by atoms with van der Waals surface area (Å²) in [4.78, 5) is 19.9. The number of halogens is 1. The van der Waals surface area contributed by atoms with Crippen molar-refractivity contribution in [1.29, 1.82) is 0 Å². The second kappa shape index (κ2) is 8.78. The number of hydrogen-bond donors (Lipinski definition) is 0. The molecule has 0 aliphatic rings. The van der Waals surface area contributed by atoms with Gasteiger partial charge in [-0.1, -0.05) is 66.3 Å². The fraction of sp³-hybridized carbons (Fsp3) is 0.130. The van der Waals surface area contributed by atoms with Crippen molar-refractivity contribution in [2.45, 2.75) is 18.4 Å². The first kappa shape index (κ1) is 21.5. The van der Waals surface area contributed by atoms with Gasteiger partial charge in [0.05, 0.1) is 26.9 Å². The molecule has 0 unspecified atom stereocenters. The van der Waals surface area contributed by atoms with E-state index in [-0.39, 0.29) is 16.6 Å². The molecule has 0 saturated carbocycles. The molecule has 31 heavy (non-hydrogen) atoms. The molecule has 3 aromatic carbocycles. The Labute approximate surface area is 189 Å². The van der Waals surface area contributed by atoms with Gasteiger partial charge in [-0.2, -0.15) is 0 Å². The molecular weight excluding hydrogens is 452 g/mol. The van der Waals surface area contributed by atoms with Gasteiger partial charge in [0.15, 0.2) is 15.0 Å². The Kier molecular flexibility index (Phi) is 6.09. The van der Waals surface area contributed by atoms with E-state index in [4.69, 9.17) is 11.6 Å². The van der Waals surface area contributed by atoms with Crippen LogP contribution in [0.15, 0.2) is 77.7 Å². The van der Waals surface area contributed by atoms with Crippen molar-refractivity contribution in [2.24, 2.45) is 0 Å². The van der Waals surface area contributed by atoms with Gasteiger partial charge in [0.1, 0.15) is 5.52 Å². The summed E-state index contributed by atoms with van der Waals surface area (Å²) < 4.78 is 25.1. The number of thiazole rings is 1. The van der Waals surface area contributed by atoms with E-state index < -0.39 is 9.84 Å². The van der Waals surface area contributed by atoms with Crippen LogP contribution in [-0.2, 0) is 16.4 Å². The largest absolute Gasteiger partial charge is 0.279 e. The Morgan fingerprint density at radius 3 is 2.35 bits per heavy atom. The molecule has 0 saturated heterocycles. The van der Waals surface area contributed by atoms with Crippen molar-refractivity contribution in [3.05, 3.63) is 88.9 Å². The molecule has 0 aliphatic heterocycles. The minimum Gasteiger partial charge on any atom is -0.279 e. The smallest absolute Gasteiger partial charge is 0.260 e. The van der Waals surface area contributed by atoms with Gasteiger partial charge in [0.25, 0.3) is 5.91 Å². The summed E-state index contributed by atoms with van der Waals surface area (Å²) in [7, 11) is -3.33. The van der Waals surface area contributed by atoms with Crippen molar-refractivity contribution in [1.82, 2.24) is 4.98 Å². The van der Waals surface area contributed by atoms with Crippen LogP contribution in [0.1, 0.15) is 22.8 Å². The quantitative estimate of drug-likeness (QED) is 0.368. The van der Waals surface area contributed by atoms with Gasteiger partial charge in [-0.25, -0.2) is 13.4 Å². The van der Waals surface area contributed by atoms with Gasteiger partial charge in [-0.05, 0) is 42.0 Å². The van der Waals surface area contributed by atoms with Crippen LogP contribution in [0, 0.1) is 0 Å². The third-order valence-electron chi connectivity index (χ3n) is 4.86. The molecule has 4 rings (SSSR count). The van der Waals surface area contributed by atoms with E-state index >= 15 is 0 Å². The number of nitrogens with zero attached hydrogens (tertiary/aromatic N) is 2. The van der Waals surface area contributed by atoms with Gasteiger partial charge < -0.3 is 0 Å². The highest BCUT2D eigenvalue weighted by Crippen LogP contribution is 2.34. The van der Waals surface area contributed by atoms with Gasteiger partial charge in [0, 0.05) is 5.56 Å². The maximum Gasteiger partial charge on any atom is 0.260 e. The van der Waals surface area contributed by atoms with Crippen LogP contribution < -0.4 is 4.90 Å². The van der Waals surface area contributed by atoms with E-state index in [2.05, 4.69) is 4.98 Å². The van der Waals surface area contributed by atoms with Crippen molar-refractivity contribution >= 4 is 54.0 Å². The zero-order valence-electron chi connectivity index (χ0n) is 16.7. The number of amides is 1. The molecule has 1 amide bonds. The zero-order valence-corrected chi connectivity index (χ0v) is 19.0. The maximum atomic E-state index is 13.5. The standard InChI is InChI=1S/C23H19ClN2O3S2/c1-2-31(28,29)18-13-11-17(12-14-18)22(27)26(15-16-7-4-3-5-8-16)23-25-21-19(24)9-6-10-20(21)30-23/h3-14H,2,15H2,1H3. The van der Waals surface area contributed by atoms with Crippen LogP contribution in [0.5, 0.6) is 0 Å². The molecule has 4 aromatic rings. The molecule has 0 radical (unpaired) electrons.